The van der Waals surface area contributed by atoms with Crippen LogP contribution in [0, 0.1) is 11.3 Å². The monoisotopic (exact) mass is 427 g/mol. The topological polar surface area (TPSA) is 147 Å². The minimum atomic E-state index is -0.216. The number of nitrogens with one attached hydrogen (secondary N) is 1. The number of carbonyl (C=O) groups excluding carboxylic acids is 1. The maximum Gasteiger partial charge on any atom is 0.319 e. The van der Waals surface area contributed by atoms with Gasteiger partial charge in [-0.2, -0.15) is 15.2 Å². The number of hydrogen-bond acceptors (Lipinski definition) is 7. The van der Waals surface area contributed by atoms with Crippen LogP contribution >= 0.6 is 0 Å². The molecule has 168 valence electrons. The second-order valence-electron chi connectivity index (χ2n) is 8.17. The molecule has 0 saturated carbocycles. The van der Waals surface area contributed by atoms with Gasteiger partial charge in [0.2, 0.25) is 5.91 Å². The van der Waals surface area contributed by atoms with E-state index in [1.807, 2.05) is 0 Å². The molecule has 0 radical (unpaired) electrons. The zero-order valence-corrected chi connectivity index (χ0v) is 18.3. The first-order valence-electron chi connectivity index (χ1n) is 11.3. The van der Waals surface area contributed by atoms with E-state index in [0.717, 1.165) is 70.0 Å². The molecule has 9 heteroatoms. The molecule has 1 fully saturated rings. The Morgan fingerprint density at radius 2 is 2.13 bits per heavy atom. The van der Waals surface area contributed by atoms with Crippen molar-refractivity contribution in [2.45, 2.75) is 70.8 Å². The molecule has 2 aromatic rings. The Labute approximate surface area is 183 Å². The van der Waals surface area contributed by atoms with Crippen molar-refractivity contribution < 1.29 is 9.53 Å². The molecule has 3 rings (SSSR count). The van der Waals surface area contributed by atoms with Crippen LogP contribution in [0.4, 0.5) is 5.82 Å². The first kappa shape index (κ1) is 22.8. The normalized spacial score (nSPS) is 17.0. The Kier molecular flexibility index (Phi) is 8.06. The van der Waals surface area contributed by atoms with Crippen molar-refractivity contribution in [3.05, 3.63) is 11.3 Å². The van der Waals surface area contributed by atoms with Crippen LogP contribution in [-0.2, 0) is 11.2 Å². The molecule has 0 spiro atoms. The summed E-state index contributed by atoms with van der Waals surface area (Å²) in [5, 5.41) is 9.56. The number of ether oxygens (including phenoxy) is 1. The fourth-order valence-corrected chi connectivity index (χ4v) is 4.20. The summed E-state index contributed by atoms with van der Waals surface area (Å²) in [5.74, 6) is 0.0771. The lowest BCUT2D eigenvalue weighted by Gasteiger charge is -2.33. The number of carbonyl (C=O) groups is 1. The average molecular weight is 428 g/mol. The Bertz CT molecular complexity index is 934. The van der Waals surface area contributed by atoms with Crippen LogP contribution in [0.2, 0.25) is 0 Å². The molecular weight excluding hydrogens is 394 g/mol. The highest BCUT2D eigenvalue weighted by Gasteiger charge is 2.26. The van der Waals surface area contributed by atoms with E-state index in [-0.39, 0.29) is 18.0 Å². The van der Waals surface area contributed by atoms with Crippen molar-refractivity contribution in [2.24, 2.45) is 5.73 Å². The predicted octanol–water partition coefficient (Wildman–Crippen LogP) is 2.64. The third-order valence-electron chi connectivity index (χ3n) is 5.91. The number of nitrogens with two attached hydrogens (primary N) is 2. The highest BCUT2D eigenvalue weighted by molar-refractivity contribution is 5.89. The maximum absolute atomic E-state index is 11.7. The molecule has 1 atom stereocenters. The number of fused-ring (bicyclic) bond motifs is 1. The standard InChI is InChI=1S/C22H33N7O2/c1-2-3-13-31-22-27-18-15(16(14-23)26-19(18)20(24)28-22)9-5-4-7-11-29-12-8-6-10-17(29)21(25)30/h17,26H,2-13H2,1H3,(H2,25,30)(H2,24,27,28). The van der Waals surface area contributed by atoms with Gasteiger partial charge in [-0.15, -0.1) is 0 Å². The summed E-state index contributed by atoms with van der Waals surface area (Å²) < 4.78 is 5.63. The van der Waals surface area contributed by atoms with Crippen LogP contribution in [0.1, 0.15) is 69.5 Å². The van der Waals surface area contributed by atoms with Gasteiger partial charge < -0.3 is 21.2 Å². The second-order valence-corrected chi connectivity index (χ2v) is 8.17. The summed E-state index contributed by atoms with van der Waals surface area (Å²) in [6.45, 7) is 4.43. The number of nitrogens with zero attached hydrogens (tertiary/aromatic N) is 4. The summed E-state index contributed by atoms with van der Waals surface area (Å²) >= 11 is 0. The van der Waals surface area contributed by atoms with Crippen LogP contribution < -0.4 is 16.2 Å². The van der Waals surface area contributed by atoms with E-state index in [4.69, 9.17) is 16.2 Å². The molecule has 1 aliphatic heterocycles. The van der Waals surface area contributed by atoms with Gasteiger partial charge in [-0.1, -0.05) is 26.2 Å². The minimum Gasteiger partial charge on any atom is -0.463 e. The Hall–Kier alpha value is -2.86. The van der Waals surface area contributed by atoms with Crippen molar-refractivity contribution in [3.8, 4) is 12.1 Å². The number of likely N-dealkylation sites (tertiary alicyclic amines) is 1. The number of aromatic amines is 1. The fraction of sp³-hybridized carbons (Fsp3) is 0.636. The molecule has 3 heterocycles. The maximum atomic E-state index is 11.7. The van der Waals surface area contributed by atoms with Gasteiger partial charge in [-0.3, -0.25) is 9.69 Å². The summed E-state index contributed by atoms with van der Waals surface area (Å²) in [6, 6.07) is 2.34. The molecule has 1 saturated heterocycles. The lowest BCUT2D eigenvalue weighted by Crippen LogP contribution is -2.47. The highest BCUT2D eigenvalue weighted by atomic mass is 16.5. The number of rotatable bonds is 11. The number of H-pyrrole nitrogens is 1. The van der Waals surface area contributed by atoms with Gasteiger partial charge in [0, 0.05) is 5.56 Å². The van der Waals surface area contributed by atoms with Gasteiger partial charge >= 0.3 is 6.01 Å². The molecule has 0 aromatic carbocycles. The van der Waals surface area contributed by atoms with Crippen LogP contribution in [0.5, 0.6) is 6.01 Å². The van der Waals surface area contributed by atoms with E-state index < -0.39 is 0 Å². The molecule has 1 unspecified atom stereocenters. The molecule has 2 aromatic heterocycles. The third kappa shape index (κ3) is 5.64. The fourth-order valence-electron chi connectivity index (χ4n) is 4.20. The third-order valence-corrected chi connectivity index (χ3v) is 5.91. The number of aryl methyl sites for hydroxylation is 1. The zero-order chi connectivity index (χ0) is 22.2. The Morgan fingerprint density at radius 1 is 1.29 bits per heavy atom. The van der Waals surface area contributed by atoms with E-state index in [1.165, 1.54) is 0 Å². The number of aromatic nitrogens is 3. The van der Waals surface area contributed by atoms with Gasteiger partial charge in [-0.25, -0.2) is 0 Å². The van der Waals surface area contributed by atoms with Crippen molar-refractivity contribution >= 4 is 22.8 Å². The van der Waals surface area contributed by atoms with E-state index >= 15 is 0 Å². The molecule has 5 N–H and O–H groups in total. The van der Waals surface area contributed by atoms with Gasteiger partial charge in [0.1, 0.15) is 22.8 Å². The summed E-state index contributed by atoms with van der Waals surface area (Å²) in [5.41, 5.74) is 14.2. The number of nitrogen functional groups attached to an aromatic ring is 1. The summed E-state index contributed by atoms with van der Waals surface area (Å²) in [6.07, 6.45) is 8.57. The quantitative estimate of drug-likeness (QED) is 0.467. The second kappa shape index (κ2) is 11.0. The first-order valence-corrected chi connectivity index (χ1v) is 11.3. The SMILES string of the molecule is CCCCOc1nc(N)c2[nH]c(C#N)c(CCCCCN3CCCCC3C(N)=O)c2n1. The Balaban J connectivity index is 1.61. The van der Waals surface area contributed by atoms with Gasteiger partial charge in [0.15, 0.2) is 5.82 Å². The van der Waals surface area contributed by atoms with Crippen molar-refractivity contribution in [2.75, 3.05) is 25.4 Å². The number of hydrogen-bond donors (Lipinski definition) is 3. The molecule has 0 aliphatic carbocycles. The smallest absolute Gasteiger partial charge is 0.319 e. The lowest BCUT2D eigenvalue weighted by atomic mass is 10.0. The predicted molar refractivity (Wildman–Crippen MR) is 119 cm³/mol. The number of amides is 1. The molecule has 1 amide bonds. The molecule has 9 nitrogen and oxygen atoms in total. The van der Waals surface area contributed by atoms with E-state index in [2.05, 4.69) is 32.8 Å². The van der Waals surface area contributed by atoms with Gasteiger partial charge in [-0.05, 0) is 51.6 Å². The molecule has 31 heavy (non-hydrogen) atoms. The number of primary amides is 1. The molecule has 0 bridgehead atoms. The number of nitriles is 1. The zero-order valence-electron chi connectivity index (χ0n) is 18.3. The highest BCUT2D eigenvalue weighted by Crippen LogP contribution is 2.27. The van der Waals surface area contributed by atoms with Crippen LogP contribution in [0.25, 0.3) is 11.0 Å². The van der Waals surface area contributed by atoms with Crippen molar-refractivity contribution in [3.63, 3.8) is 0 Å². The van der Waals surface area contributed by atoms with Crippen LogP contribution in [0.15, 0.2) is 0 Å². The molecule has 1 aliphatic rings. The first-order chi connectivity index (χ1) is 15.0. The largest absolute Gasteiger partial charge is 0.463 e. The number of anilines is 1. The van der Waals surface area contributed by atoms with E-state index in [0.29, 0.717) is 35.6 Å². The Morgan fingerprint density at radius 3 is 2.87 bits per heavy atom. The minimum absolute atomic E-state index is 0.127. The van der Waals surface area contributed by atoms with Crippen molar-refractivity contribution in [1.82, 2.24) is 19.9 Å². The van der Waals surface area contributed by atoms with E-state index in [1.54, 1.807) is 0 Å². The number of unbranched alkanes of at least 4 members (excludes halogenated alkanes) is 3. The lowest BCUT2D eigenvalue weighted by molar-refractivity contribution is -0.124. The average Bonchev–Trinajstić information content (AvgIpc) is 3.12. The van der Waals surface area contributed by atoms with Crippen molar-refractivity contribution in [1.29, 1.82) is 5.26 Å². The van der Waals surface area contributed by atoms with Crippen LogP contribution in [0.3, 0.4) is 0 Å². The van der Waals surface area contributed by atoms with Crippen LogP contribution in [-0.4, -0.2) is 51.5 Å². The molecular formula is C22H33N7O2. The summed E-state index contributed by atoms with van der Waals surface area (Å²) in [7, 11) is 0. The summed E-state index contributed by atoms with van der Waals surface area (Å²) in [4.78, 5) is 25.7. The van der Waals surface area contributed by atoms with E-state index in [9.17, 15) is 10.1 Å². The van der Waals surface area contributed by atoms with Gasteiger partial charge in [0.05, 0.1) is 12.6 Å². The number of piperidine rings is 1. The van der Waals surface area contributed by atoms with Gasteiger partial charge in [0.25, 0.3) is 0 Å².